The van der Waals surface area contributed by atoms with Gasteiger partial charge in [0.15, 0.2) is 0 Å². The van der Waals surface area contributed by atoms with E-state index in [1.165, 1.54) is 0 Å². The summed E-state index contributed by atoms with van der Waals surface area (Å²) in [4.78, 5) is 2.19. The van der Waals surface area contributed by atoms with Gasteiger partial charge in [0, 0.05) is 19.7 Å². The Kier molecular flexibility index (Phi) is 6.34. The van der Waals surface area contributed by atoms with Crippen molar-refractivity contribution in [2.24, 2.45) is 0 Å². The quantitative estimate of drug-likeness (QED) is 0.646. The van der Waals surface area contributed by atoms with Gasteiger partial charge in [-0.15, -0.1) is 0 Å². The molecule has 0 heterocycles. The van der Waals surface area contributed by atoms with Crippen molar-refractivity contribution in [3.63, 3.8) is 0 Å². The molecule has 74 valence electrons. The number of ether oxygens (including phenoxy) is 1. The van der Waals surface area contributed by atoms with Crippen molar-refractivity contribution >= 4 is 0 Å². The lowest BCUT2D eigenvalue weighted by Gasteiger charge is -2.25. The molecule has 0 saturated heterocycles. The lowest BCUT2D eigenvalue weighted by Crippen LogP contribution is -2.34. The Balaban J connectivity index is 3.53. The molecule has 12 heavy (non-hydrogen) atoms. The number of hydrogen-bond donors (Lipinski definition) is 1. The average Bonchev–Trinajstić information content (AvgIpc) is 1.98. The zero-order valence-corrected chi connectivity index (χ0v) is 8.58. The summed E-state index contributed by atoms with van der Waals surface area (Å²) < 4.78 is 4.96. The van der Waals surface area contributed by atoms with Gasteiger partial charge in [-0.25, -0.2) is 0 Å². The first kappa shape index (κ1) is 11.9. The Hall–Kier alpha value is -0.120. The Bertz CT molecular complexity index is 107. The van der Waals surface area contributed by atoms with Crippen molar-refractivity contribution in [1.29, 1.82) is 0 Å². The highest BCUT2D eigenvalue weighted by Gasteiger charge is 2.10. The molecule has 0 aliphatic heterocycles. The first-order valence-corrected chi connectivity index (χ1v) is 4.45. The van der Waals surface area contributed by atoms with Crippen LogP contribution in [0.25, 0.3) is 0 Å². The van der Waals surface area contributed by atoms with E-state index in [2.05, 4.69) is 11.8 Å². The maximum atomic E-state index is 9.14. The summed E-state index contributed by atoms with van der Waals surface area (Å²) in [6, 6.07) is 0.417. The number of rotatable bonds is 6. The van der Waals surface area contributed by atoms with E-state index in [1.54, 1.807) is 7.11 Å². The second-order valence-corrected chi connectivity index (χ2v) is 3.41. The average molecular weight is 175 g/mol. The number of hydrogen-bond acceptors (Lipinski definition) is 3. The molecule has 0 aromatic carbocycles. The number of aliphatic hydroxyl groups is 1. The number of likely N-dealkylation sites (N-methyl/N-ethyl adjacent to an activating group) is 1. The van der Waals surface area contributed by atoms with Gasteiger partial charge in [0.1, 0.15) is 0 Å². The van der Waals surface area contributed by atoms with Gasteiger partial charge in [0.25, 0.3) is 0 Å². The topological polar surface area (TPSA) is 32.7 Å². The summed E-state index contributed by atoms with van der Waals surface area (Å²) in [5.41, 5.74) is 0. The highest BCUT2D eigenvalue weighted by molar-refractivity contribution is 4.65. The fourth-order valence-corrected chi connectivity index (χ4v) is 1.13. The second-order valence-electron chi connectivity index (χ2n) is 3.41. The van der Waals surface area contributed by atoms with E-state index >= 15 is 0 Å². The largest absolute Gasteiger partial charge is 0.393 e. The smallest absolute Gasteiger partial charge is 0.0589 e. The molecule has 3 heteroatoms. The van der Waals surface area contributed by atoms with Gasteiger partial charge in [0.05, 0.1) is 12.7 Å². The maximum absolute atomic E-state index is 9.14. The predicted molar refractivity (Wildman–Crippen MR) is 50.3 cm³/mol. The molecule has 1 N–H and O–H groups in total. The summed E-state index contributed by atoms with van der Waals surface area (Å²) in [5, 5.41) is 9.14. The Labute approximate surface area is 75.3 Å². The lowest BCUT2D eigenvalue weighted by atomic mass is 10.1. The molecular formula is C9H21NO2. The van der Waals surface area contributed by atoms with E-state index in [4.69, 9.17) is 9.84 Å². The zero-order valence-electron chi connectivity index (χ0n) is 8.58. The monoisotopic (exact) mass is 175 g/mol. The van der Waals surface area contributed by atoms with Crippen molar-refractivity contribution in [2.45, 2.75) is 32.4 Å². The molecule has 3 nitrogen and oxygen atoms in total. The highest BCUT2D eigenvalue weighted by Crippen LogP contribution is 2.03. The van der Waals surface area contributed by atoms with Gasteiger partial charge >= 0.3 is 0 Å². The molecular weight excluding hydrogens is 154 g/mol. The van der Waals surface area contributed by atoms with Crippen LogP contribution in [0.5, 0.6) is 0 Å². The van der Waals surface area contributed by atoms with Crippen molar-refractivity contribution in [3.05, 3.63) is 0 Å². The molecule has 0 fully saturated rings. The summed E-state index contributed by atoms with van der Waals surface area (Å²) in [5.74, 6) is 0. The number of nitrogens with zero attached hydrogens (tertiary/aromatic N) is 1. The van der Waals surface area contributed by atoms with Crippen molar-refractivity contribution < 1.29 is 9.84 Å². The minimum Gasteiger partial charge on any atom is -0.393 e. The Morgan fingerprint density at radius 1 is 1.42 bits per heavy atom. The van der Waals surface area contributed by atoms with E-state index in [9.17, 15) is 0 Å². The van der Waals surface area contributed by atoms with Crippen molar-refractivity contribution in [3.8, 4) is 0 Å². The number of aliphatic hydroxyl groups excluding tert-OH is 1. The molecule has 2 atom stereocenters. The molecule has 0 aromatic rings. The van der Waals surface area contributed by atoms with Gasteiger partial charge in [-0.2, -0.15) is 0 Å². The molecule has 0 rings (SSSR count). The third-order valence-electron chi connectivity index (χ3n) is 2.08. The first-order valence-electron chi connectivity index (χ1n) is 4.45. The van der Waals surface area contributed by atoms with Gasteiger partial charge in [-0.05, 0) is 27.3 Å². The summed E-state index contributed by atoms with van der Waals surface area (Å²) >= 11 is 0. The molecule has 0 saturated carbocycles. The van der Waals surface area contributed by atoms with Crippen LogP contribution >= 0.6 is 0 Å². The van der Waals surface area contributed by atoms with Crippen LogP contribution in [0.4, 0.5) is 0 Å². The van der Waals surface area contributed by atoms with Gasteiger partial charge in [-0.3, -0.25) is 0 Å². The SMILES string of the molecule is COCCN(C)C(C)CC(C)O. The summed E-state index contributed by atoms with van der Waals surface area (Å²) in [6.45, 7) is 5.61. The third-order valence-corrected chi connectivity index (χ3v) is 2.08. The zero-order chi connectivity index (χ0) is 9.56. The van der Waals surface area contributed by atoms with Crippen molar-refractivity contribution in [2.75, 3.05) is 27.3 Å². The van der Waals surface area contributed by atoms with Crippen LogP contribution in [-0.2, 0) is 4.74 Å². The molecule has 0 aromatic heterocycles. The first-order chi connectivity index (χ1) is 5.57. The van der Waals surface area contributed by atoms with Crippen LogP contribution in [0.3, 0.4) is 0 Å². The van der Waals surface area contributed by atoms with Crippen molar-refractivity contribution in [1.82, 2.24) is 4.90 Å². The minimum atomic E-state index is -0.218. The van der Waals surface area contributed by atoms with Gasteiger partial charge < -0.3 is 14.7 Å². The molecule has 2 unspecified atom stereocenters. The third kappa shape index (κ3) is 5.52. The van der Waals surface area contributed by atoms with E-state index < -0.39 is 0 Å². The van der Waals surface area contributed by atoms with Crippen LogP contribution < -0.4 is 0 Å². The fraction of sp³-hybridized carbons (Fsp3) is 1.00. The summed E-state index contributed by atoms with van der Waals surface area (Å²) in [6.07, 6.45) is 0.602. The highest BCUT2D eigenvalue weighted by atomic mass is 16.5. The van der Waals surface area contributed by atoms with E-state index in [1.807, 2.05) is 14.0 Å². The predicted octanol–water partition coefficient (Wildman–Crippen LogP) is 0.724. The van der Waals surface area contributed by atoms with E-state index in [0.717, 1.165) is 19.6 Å². The van der Waals surface area contributed by atoms with Crippen LogP contribution in [0, 0.1) is 0 Å². The maximum Gasteiger partial charge on any atom is 0.0589 e. The molecule has 0 radical (unpaired) electrons. The molecule has 0 spiro atoms. The Morgan fingerprint density at radius 2 is 2.00 bits per heavy atom. The van der Waals surface area contributed by atoms with E-state index in [0.29, 0.717) is 6.04 Å². The fourth-order valence-electron chi connectivity index (χ4n) is 1.13. The standard InChI is InChI=1S/C9H21NO2/c1-8(7-9(2)11)10(3)5-6-12-4/h8-9,11H,5-7H2,1-4H3. The van der Waals surface area contributed by atoms with E-state index in [-0.39, 0.29) is 6.10 Å². The lowest BCUT2D eigenvalue weighted by molar-refractivity contribution is 0.107. The van der Waals surface area contributed by atoms with Crippen LogP contribution in [0.2, 0.25) is 0 Å². The normalized spacial score (nSPS) is 16.5. The number of methoxy groups -OCH3 is 1. The van der Waals surface area contributed by atoms with Crippen LogP contribution in [0.1, 0.15) is 20.3 Å². The second kappa shape index (κ2) is 6.40. The van der Waals surface area contributed by atoms with Gasteiger partial charge in [-0.1, -0.05) is 0 Å². The minimum absolute atomic E-state index is 0.218. The molecule has 0 aliphatic carbocycles. The van der Waals surface area contributed by atoms with Crippen LogP contribution in [0.15, 0.2) is 0 Å². The van der Waals surface area contributed by atoms with Crippen LogP contribution in [-0.4, -0.2) is 49.5 Å². The molecule has 0 aliphatic rings. The Morgan fingerprint density at radius 3 is 2.42 bits per heavy atom. The molecule has 0 amide bonds. The molecule has 0 bridgehead atoms. The summed E-state index contributed by atoms with van der Waals surface area (Å²) in [7, 11) is 3.75. The van der Waals surface area contributed by atoms with Gasteiger partial charge in [0.2, 0.25) is 0 Å².